The third-order valence-corrected chi connectivity index (χ3v) is 3.38. The van der Waals surface area contributed by atoms with Gasteiger partial charge in [0.15, 0.2) is 0 Å². The summed E-state index contributed by atoms with van der Waals surface area (Å²) in [6.07, 6.45) is 3.90. The molecule has 0 N–H and O–H groups in total. The summed E-state index contributed by atoms with van der Waals surface area (Å²) < 4.78 is 5.31. The third-order valence-electron chi connectivity index (χ3n) is 3.38. The first-order chi connectivity index (χ1) is 7.54. The lowest BCUT2D eigenvalue weighted by atomic mass is 9.75. The minimum Gasteiger partial charge on any atom is -0.454 e. The number of hydrogen-bond donors (Lipinski definition) is 0. The van der Waals surface area contributed by atoms with Crippen LogP contribution in [0.3, 0.4) is 0 Å². The van der Waals surface area contributed by atoms with Gasteiger partial charge in [-0.15, -0.1) is 0 Å². The lowest BCUT2D eigenvalue weighted by Gasteiger charge is -2.36. The number of carbonyl (C=O) groups excluding carboxylic acids is 1. The molecule has 0 aromatic heterocycles. The maximum atomic E-state index is 11.2. The van der Waals surface area contributed by atoms with Crippen LogP contribution in [0.1, 0.15) is 40.0 Å². The van der Waals surface area contributed by atoms with Gasteiger partial charge in [-0.05, 0) is 37.0 Å². The first-order valence-corrected chi connectivity index (χ1v) is 5.92. The van der Waals surface area contributed by atoms with Crippen LogP contribution >= 0.6 is 0 Å². The molecule has 3 unspecified atom stereocenters. The summed E-state index contributed by atoms with van der Waals surface area (Å²) in [5, 5.41) is 0. The van der Waals surface area contributed by atoms with Crippen LogP contribution in [0.5, 0.6) is 0 Å². The van der Waals surface area contributed by atoms with Crippen molar-refractivity contribution in [2.24, 2.45) is 17.8 Å². The molecule has 0 heterocycles. The average molecular weight is 224 g/mol. The molecule has 1 saturated carbocycles. The Labute approximate surface area is 96.6 Å². The van der Waals surface area contributed by atoms with Crippen LogP contribution < -0.4 is 0 Å². The Hall–Kier alpha value is -1.15. The van der Waals surface area contributed by atoms with Gasteiger partial charge in [-0.1, -0.05) is 20.8 Å². The van der Waals surface area contributed by atoms with Crippen LogP contribution in [0.4, 0.5) is 0 Å². The molecule has 0 spiro atoms. The Morgan fingerprint density at radius 1 is 1.50 bits per heavy atom. The van der Waals surface area contributed by atoms with Crippen molar-refractivity contribution >= 4 is 12.2 Å². The zero-order chi connectivity index (χ0) is 12.1. The second-order valence-corrected chi connectivity index (χ2v) is 5.05. The molecule has 4 nitrogen and oxygen atoms in total. The molecule has 0 radical (unpaired) electrons. The van der Waals surface area contributed by atoms with E-state index in [2.05, 4.69) is 25.6 Å². The molecule has 0 aromatic rings. The van der Waals surface area contributed by atoms with E-state index in [0.29, 0.717) is 17.8 Å². The smallest absolute Gasteiger partial charge is 0.413 e. The summed E-state index contributed by atoms with van der Waals surface area (Å²) in [4.78, 5) is 13.9. The number of esters is 1. The van der Waals surface area contributed by atoms with Crippen molar-refractivity contribution in [3.63, 3.8) is 0 Å². The topological polar surface area (TPSA) is 62.7 Å². The van der Waals surface area contributed by atoms with Gasteiger partial charge in [0.05, 0.1) is 0 Å². The van der Waals surface area contributed by atoms with Crippen molar-refractivity contribution < 1.29 is 14.3 Å². The predicted octanol–water partition coefficient (Wildman–Crippen LogP) is 2.29. The molecule has 0 aromatic carbocycles. The predicted molar refractivity (Wildman–Crippen MR) is 60.9 cm³/mol. The molecule has 4 heteroatoms. The van der Waals surface area contributed by atoms with Crippen molar-refractivity contribution in [1.82, 2.24) is 0 Å². The van der Waals surface area contributed by atoms with Crippen LogP contribution in [0, 0.1) is 17.8 Å². The highest BCUT2D eigenvalue weighted by molar-refractivity contribution is 6.20. The fourth-order valence-corrected chi connectivity index (χ4v) is 2.47. The highest BCUT2D eigenvalue weighted by Gasteiger charge is 2.33. The molecular formula is C12H20N2O2. The molecule has 0 aliphatic heterocycles. The normalized spacial score (nSPS) is 29.6. The van der Waals surface area contributed by atoms with Gasteiger partial charge >= 0.3 is 12.2 Å². The number of rotatable bonds is 3. The maximum absolute atomic E-state index is 11.2. The summed E-state index contributed by atoms with van der Waals surface area (Å²) in [6.45, 7) is 6.55. The third kappa shape index (κ3) is 3.46. The number of carbonyl (C=O) groups is 1. The summed E-state index contributed by atoms with van der Waals surface area (Å²) >= 11 is 0. The van der Waals surface area contributed by atoms with Gasteiger partial charge in [-0.25, -0.2) is 4.79 Å². The quantitative estimate of drug-likeness (QED) is 0.319. The van der Waals surface area contributed by atoms with Gasteiger partial charge in [0.1, 0.15) is 6.10 Å². The number of hydrogen-bond acceptors (Lipinski definition) is 2. The van der Waals surface area contributed by atoms with E-state index in [4.69, 9.17) is 10.3 Å². The van der Waals surface area contributed by atoms with E-state index >= 15 is 0 Å². The molecule has 1 rings (SSSR count). The van der Waals surface area contributed by atoms with Gasteiger partial charge in [-0.2, -0.15) is 4.79 Å². The number of ether oxygens (including phenoxy) is 1. The monoisotopic (exact) mass is 224 g/mol. The molecule has 3 atom stereocenters. The second kappa shape index (κ2) is 5.80. The van der Waals surface area contributed by atoms with Gasteiger partial charge in [0, 0.05) is 0 Å². The Kier molecular flexibility index (Phi) is 4.69. The number of nitrogens with zero attached hydrogens (tertiary/aromatic N) is 2. The fourth-order valence-electron chi connectivity index (χ4n) is 2.47. The Morgan fingerprint density at radius 3 is 2.75 bits per heavy atom. The van der Waals surface area contributed by atoms with E-state index in [1.165, 1.54) is 0 Å². The molecule has 16 heavy (non-hydrogen) atoms. The largest absolute Gasteiger partial charge is 0.454 e. The Bertz CT molecular complexity index is 295. The molecular weight excluding hydrogens is 204 g/mol. The molecule has 0 amide bonds. The van der Waals surface area contributed by atoms with E-state index in [9.17, 15) is 4.79 Å². The van der Waals surface area contributed by atoms with Crippen LogP contribution in [-0.2, 0) is 9.53 Å². The lowest BCUT2D eigenvalue weighted by Crippen LogP contribution is -2.36. The Balaban J connectivity index is 2.62. The zero-order valence-corrected chi connectivity index (χ0v) is 10.2. The van der Waals surface area contributed by atoms with E-state index in [0.717, 1.165) is 25.5 Å². The first kappa shape index (κ1) is 12.9. The minimum absolute atomic E-state index is 0.0262. The molecule has 1 aliphatic rings. The van der Waals surface area contributed by atoms with Crippen LogP contribution in [-0.4, -0.2) is 23.1 Å². The van der Waals surface area contributed by atoms with Gasteiger partial charge in [0.25, 0.3) is 0 Å². The van der Waals surface area contributed by atoms with Crippen LogP contribution in [0.25, 0.3) is 5.53 Å². The SMILES string of the molecule is CC1CCC(OC(=O)C=[N+]=[N-])C(C(C)C)C1. The van der Waals surface area contributed by atoms with E-state index in [1.54, 1.807) is 0 Å². The standard InChI is InChI=1S/C12H20N2O2/c1-8(2)10-6-9(3)4-5-11(10)16-12(15)7-14-13/h7-11H,4-6H2,1-3H3. The molecule has 0 bridgehead atoms. The zero-order valence-electron chi connectivity index (χ0n) is 10.2. The van der Waals surface area contributed by atoms with Crippen LogP contribution in [0.15, 0.2) is 0 Å². The van der Waals surface area contributed by atoms with Crippen molar-refractivity contribution in [3.05, 3.63) is 5.53 Å². The van der Waals surface area contributed by atoms with Gasteiger partial charge < -0.3 is 10.3 Å². The fraction of sp³-hybridized carbons (Fsp3) is 0.833. The van der Waals surface area contributed by atoms with E-state index < -0.39 is 5.97 Å². The van der Waals surface area contributed by atoms with E-state index in [1.807, 2.05) is 0 Å². The highest BCUT2D eigenvalue weighted by Crippen LogP contribution is 2.35. The summed E-state index contributed by atoms with van der Waals surface area (Å²) in [6, 6.07) is 0. The van der Waals surface area contributed by atoms with Gasteiger partial charge in [-0.3, -0.25) is 0 Å². The van der Waals surface area contributed by atoms with Crippen molar-refractivity contribution in [2.45, 2.75) is 46.1 Å². The average Bonchev–Trinajstić information content (AvgIpc) is 2.20. The highest BCUT2D eigenvalue weighted by atomic mass is 16.5. The van der Waals surface area contributed by atoms with Gasteiger partial charge in [0.2, 0.25) is 0 Å². The molecule has 1 fully saturated rings. The summed E-state index contributed by atoms with van der Waals surface area (Å²) in [7, 11) is 0. The van der Waals surface area contributed by atoms with E-state index in [-0.39, 0.29) is 6.10 Å². The van der Waals surface area contributed by atoms with Crippen LogP contribution in [0.2, 0.25) is 0 Å². The minimum atomic E-state index is -0.548. The Morgan fingerprint density at radius 2 is 2.19 bits per heavy atom. The molecule has 0 saturated heterocycles. The molecule has 1 aliphatic carbocycles. The summed E-state index contributed by atoms with van der Waals surface area (Å²) in [5.74, 6) is 1.08. The maximum Gasteiger partial charge on any atom is 0.413 e. The lowest BCUT2D eigenvalue weighted by molar-refractivity contribution is -0.150. The molecule has 90 valence electrons. The van der Waals surface area contributed by atoms with Crippen molar-refractivity contribution in [2.75, 3.05) is 0 Å². The first-order valence-electron chi connectivity index (χ1n) is 5.92. The summed E-state index contributed by atoms with van der Waals surface area (Å²) in [5.41, 5.74) is 8.25. The van der Waals surface area contributed by atoms with Crippen molar-refractivity contribution in [3.8, 4) is 0 Å². The second-order valence-electron chi connectivity index (χ2n) is 5.05. The van der Waals surface area contributed by atoms with Crippen molar-refractivity contribution in [1.29, 1.82) is 0 Å².